The lowest BCUT2D eigenvalue weighted by Gasteiger charge is -2.31. The van der Waals surface area contributed by atoms with E-state index in [1.807, 2.05) is 14.0 Å². The minimum absolute atomic E-state index is 0.603. The standard InChI is InChI=1S/C11H20N4O/c1-3-11-13-10(14-16-11)8-15-6-4-5-9(7-15)12-2/h9,12H,3-8H2,1-2H3. The van der Waals surface area contributed by atoms with E-state index >= 15 is 0 Å². The molecule has 0 amide bonds. The van der Waals surface area contributed by atoms with E-state index in [2.05, 4.69) is 20.4 Å². The zero-order valence-corrected chi connectivity index (χ0v) is 10.1. The van der Waals surface area contributed by atoms with E-state index in [-0.39, 0.29) is 0 Å². The number of aromatic nitrogens is 2. The van der Waals surface area contributed by atoms with Gasteiger partial charge in [-0.3, -0.25) is 4.90 Å². The maximum Gasteiger partial charge on any atom is 0.226 e. The summed E-state index contributed by atoms with van der Waals surface area (Å²) in [5.74, 6) is 1.55. The molecule has 0 saturated carbocycles. The normalized spacial score (nSPS) is 22.5. The first-order valence-electron chi connectivity index (χ1n) is 6.03. The lowest BCUT2D eigenvalue weighted by Crippen LogP contribution is -2.44. The molecule has 5 heteroatoms. The Morgan fingerprint density at radius 2 is 2.44 bits per heavy atom. The quantitative estimate of drug-likeness (QED) is 0.820. The van der Waals surface area contributed by atoms with Crippen LogP contribution in [-0.2, 0) is 13.0 Å². The average Bonchev–Trinajstić information content (AvgIpc) is 2.77. The molecular weight excluding hydrogens is 204 g/mol. The molecule has 0 aliphatic carbocycles. The van der Waals surface area contributed by atoms with Gasteiger partial charge in [-0.2, -0.15) is 4.98 Å². The molecule has 2 heterocycles. The highest BCUT2D eigenvalue weighted by Crippen LogP contribution is 2.12. The van der Waals surface area contributed by atoms with Crippen LogP contribution >= 0.6 is 0 Å². The molecule has 1 aliphatic heterocycles. The number of piperidine rings is 1. The predicted molar refractivity (Wildman–Crippen MR) is 61.0 cm³/mol. The fourth-order valence-electron chi connectivity index (χ4n) is 2.13. The van der Waals surface area contributed by atoms with Crippen molar-refractivity contribution in [1.82, 2.24) is 20.4 Å². The molecule has 0 spiro atoms. The van der Waals surface area contributed by atoms with Gasteiger partial charge in [-0.1, -0.05) is 12.1 Å². The summed E-state index contributed by atoms with van der Waals surface area (Å²) in [5.41, 5.74) is 0. The molecule has 90 valence electrons. The summed E-state index contributed by atoms with van der Waals surface area (Å²) in [6.07, 6.45) is 3.32. The Hall–Kier alpha value is -0.940. The second kappa shape index (κ2) is 5.41. The minimum Gasteiger partial charge on any atom is -0.339 e. The highest BCUT2D eigenvalue weighted by Gasteiger charge is 2.19. The number of aryl methyl sites for hydroxylation is 1. The minimum atomic E-state index is 0.603. The van der Waals surface area contributed by atoms with Crippen molar-refractivity contribution in [2.75, 3.05) is 20.1 Å². The summed E-state index contributed by atoms with van der Waals surface area (Å²) in [5, 5.41) is 7.31. The van der Waals surface area contributed by atoms with Crippen LogP contribution in [0.1, 0.15) is 31.5 Å². The fourth-order valence-corrected chi connectivity index (χ4v) is 2.13. The van der Waals surface area contributed by atoms with Crippen LogP contribution in [-0.4, -0.2) is 41.2 Å². The molecule has 0 bridgehead atoms. The first kappa shape index (κ1) is 11.5. The highest BCUT2D eigenvalue weighted by molar-refractivity contribution is 4.88. The molecule has 1 aromatic rings. The van der Waals surface area contributed by atoms with Crippen molar-refractivity contribution >= 4 is 0 Å². The summed E-state index contributed by atoms with van der Waals surface area (Å²) in [7, 11) is 2.03. The molecule has 1 atom stereocenters. The van der Waals surface area contributed by atoms with Crippen LogP contribution < -0.4 is 5.32 Å². The summed E-state index contributed by atoms with van der Waals surface area (Å²) in [6.45, 7) is 5.04. The molecule has 1 aromatic heterocycles. The van der Waals surface area contributed by atoms with Gasteiger partial charge in [-0.05, 0) is 26.4 Å². The number of nitrogens with zero attached hydrogens (tertiary/aromatic N) is 3. The van der Waals surface area contributed by atoms with Gasteiger partial charge < -0.3 is 9.84 Å². The smallest absolute Gasteiger partial charge is 0.226 e. The molecule has 1 unspecified atom stereocenters. The average molecular weight is 224 g/mol. The number of likely N-dealkylation sites (N-methyl/N-ethyl adjacent to an activating group) is 1. The molecule has 1 aliphatic rings. The molecule has 1 N–H and O–H groups in total. The van der Waals surface area contributed by atoms with Crippen LogP contribution in [0.3, 0.4) is 0 Å². The van der Waals surface area contributed by atoms with Crippen molar-refractivity contribution in [2.45, 2.75) is 38.8 Å². The van der Waals surface area contributed by atoms with Crippen LogP contribution in [0.2, 0.25) is 0 Å². The van der Waals surface area contributed by atoms with E-state index in [0.717, 1.165) is 37.8 Å². The predicted octanol–water partition coefficient (Wildman–Crippen LogP) is 0.816. The molecule has 0 radical (unpaired) electrons. The monoisotopic (exact) mass is 224 g/mol. The summed E-state index contributed by atoms with van der Waals surface area (Å²) < 4.78 is 5.11. The van der Waals surface area contributed by atoms with Crippen molar-refractivity contribution in [1.29, 1.82) is 0 Å². The SMILES string of the molecule is CCc1nc(CN2CCCC(NC)C2)no1. The molecule has 5 nitrogen and oxygen atoms in total. The first-order valence-corrected chi connectivity index (χ1v) is 6.03. The van der Waals surface area contributed by atoms with Crippen LogP contribution in [0.5, 0.6) is 0 Å². The zero-order valence-electron chi connectivity index (χ0n) is 10.1. The Balaban J connectivity index is 1.88. The van der Waals surface area contributed by atoms with Crippen molar-refractivity contribution in [2.24, 2.45) is 0 Å². The number of nitrogens with one attached hydrogen (secondary N) is 1. The number of hydrogen-bond acceptors (Lipinski definition) is 5. The van der Waals surface area contributed by atoms with Crippen molar-refractivity contribution in [3.05, 3.63) is 11.7 Å². The molecule has 16 heavy (non-hydrogen) atoms. The van der Waals surface area contributed by atoms with E-state index in [1.54, 1.807) is 0 Å². The Morgan fingerprint density at radius 1 is 1.56 bits per heavy atom. The van der Waals surface area contributed by atoms with E-state index in [0.29, 0.717) is 6.04 Å². The molecule has 0 aromatic carbocycles. The second-order valence-corrected chi connectivity index (χ2v) is 4.32. The van der Waals surface area contributed by atoms with E-state index in [1.165, 1.54) is 12.8 Å². The van der Waals surface area contributed by atoms with Gasteiger partial charge in [0, 0.05) is 19.0 Å². The van der Waals surface area contributed by atoms with Crippen molar-refractivity contribution in [3.8, 4) is 0 Å². The second-order valence-electron chi connectivity index (χ2n) is 4.32. The third-order valence-electron chi connectivity index (χ3n) is 3.09. The van der Waals surface area contributed by atoms with Crippen LogP contribution in [0.4, 0.5) is 0 Å². The van der Waals surface area contributed by atoms with Gasteiger partial charge in [-0.25, -0.2) is 0 Å². The van der Waals surface area contributed by atoms with Crippen LogP contribution in [0, 0.1) is 0 Å². The Labute approximate surface area is 96.2 Å². The molecule has 1 fully saturated rings. The number of hydrogen-bond donors (Lipinski definition) is 1. The molecular formula is C11H20N4O. The Kier molecular flexibility index (Phi) is 3.90. The van der Waals surface area contributed by atoms with E-state index < -0.39 is 0 Å². The summed E-state index contributed by atoms with van der Waals surface area (Å²) >= 11 is 0. The van der Waals surface area contributed by atoms with Gasteiger partial charge in [0.15, 0.2) is 5.82 Å². The van der Waals surface area contributed by atoms with Gasteiger partial charge >= 0.3 is 0 Å². The number of rotatable bonds is 4. The van der Waals surface area contributed by atoms with Crippen molar-refractivity contribution in [3.63, 3.8) is 0 Å². The van der Waals surface area contributed by atoms with Gasteiger partial charge in [0.1, 0.15) is 0 Å². The van der Waals surface area contributed by atoms with Gasteiger partial charge in [0.05, 0.1) is 6.54 Å². The van der Waals surface area contributed by atoms with E-state index in [9.17, 15) is 0 Å². The van der Waals surface area contributed by atoms with Crippen LogP contribution in [0.15, 0.2) is 4.52 Å². The van der Waals surface area contributed by atoms with Gasteiger partial charge in [0.25, 0.3) is 0 Å². The molecule has 1 saturated heterocycles. The summed E-state index contributed by atoms with van der Waals surface area (Å²) in [4.78, 5) is 6.72. The van der Waals surface area contributed by atoms with Crippen molar-refractivity contribution < 1.29 is 4.52 Å². The van der Waals surface area contributed by atoms with Gasteiger partial charge in [-0.15, -0.1) is 0 Å². The maximum atomic E-state index is 5.11. The highest BCUT2D eigenvalue weighted by atomic mass is 16.5. The third kappa shape index (κ3) is 2.80. The first-order chi connectivity index (χ1) is 7.81. The summed E-state index contributed by atoms with van der Waals surface area (Å²) in [6, 6.07) is 0.603. The fraction of sp³-hybridized carbons (Fsp3) is 0.818. The Morgan fingerprint density at radius 3 is 3.12 bits per heavy atom. The lowest BCUT2D eigenvalue weighted by atomic mass is 10.1. The largest absolute Gasteiger partial charge is 0.339 e. The zero-order chi connectivity index (χ0) is 11.4. The lowest BCUT2D eigenvalue weighted by molar-refractivity contribution is 0.182. The third-order valence-corrected chi connectivity index (χ3v) is 3.09. The topological polar surface area (TPSA) is 54.2 Å². The van der Waals surface area contributed by atoms with E-state index in [4.69, 9.17) is 4.52 Å². The van der Waals surface area contributed by atoms with Gasteiger partial charge in [0.2, 0.25) is 5.89 Å². The number of likely N-dealkylation sites (tertiary alicyclic amines) is 1. The Bertz CT molecular complexity index is 326. The maximum absolute atomic E-state index is 5.11. The molecule has 2 rings (SSSR count). The van der Waals surface area contributed by atoms with Crippen LogP contribution in [0.25, 0.3) is 0 Å².